The van der Waals surface area contributed by atoms with Crippen LogP contribution in [0.1, 0.15) is 18.6 Å². The fourth-order valence-corrected chi connectivity index (χ4v) is 2.26. The summed E-state index contributed by atoms with van der Waals surface area (Å²) in [5.41, 5.74) is 6.87. The molecule has 1 aromatic rings. The molecule has 1 heterocycles. The van der Waals surface area contributed by atoms with Crippen molar-refractivity contribution in [2.75, 3.05) is 26.2 Å². The highest BCUT2D eigenvalue weighted by Crippen LogP contribution is 2.24. The topological polar surface area (TPSA) is 38.5 Å². The zero-order valence-electron chi connectivity index (χ0n) is 9.80. The molecule has 0 aliphatic carbocycles. The summed E-state index contributed by atoms with van der Waals surface area (Å²) in [5.74, 6) is 0. The molecule has 2 rings (SSSR count). The molecule has 1 aliphatic heterocycles. The van der Waals surface area contributed by atoms with E-state index in [0.29, 0.717) is 6.54 Å². The largest absolute Gasteiger partial charge is 0.368 e. The van der Waals surface area contributed by atoms with Crippen molar-refractivity contribution in [1.82, 2.24) is 4.90 Å². The molecule has 3 heteroatoms. The van der Waals surface area contributed by atoms with Gasteiger partial charge in [-0.15, -0.1) is 0 Å². The van der Waals surface area contributed by atoms with Gasteiger partial charge in [0.1, 0.15) is 0 Å². The van der Waals surface area contributed by atoms with E-state index in [-0.39, 0.29) is 12.2 Å². The maximum atomic E-state index is 5.97. The van der Waals surface area contributed by atoms with Gasteiger partial charge in [-0.25, -0.2) is 0 Å². The Balaban J connectivity index is 2.04. The van der Waals surface area contributed by atoms with Gasteiger partial charge in [-0.3, -0.25) is 4.90 Å². The van der Waals surface area contributed by atoms with Gasteiger partial charge in [0.2, 0.25) is 0 Å². The number of hydrogen-bond acceptors (Lipinski definition) is 3. The van der Waals surface area contributed by atoms with E-state index in [4.69, 9.17) is 10.5 Å². The van der Waals surface area contributed by atoms with Crippen molar-refractivity contribution in [2.45, 2.75) is 19.1 Å². The lowest BCUT2D eigenvalue weighted by molar-refractivity contribution is -0.0779. The van der Waals surface area contributed by atoms with E-state index in [2.05, 4.69) is 36.1 Å². The highest BCUT2D eigenvalue weighted by atomic mass is 16.5. The predicted molar refractivity (Wildman–Crippen MR) is 65.2 cm³/mol. The maximum Gasteiger partial charge on any atom is 0.0956 e. The van der Waals surface area contributed by atoms with E-state index in [1.807, 2.05) is 6.07 Å². The monoisotopic (exact) mass is 220 g/mol. The molecule has 2 unspecified atom stereocenters. The average Bonchev–Trinajstić information content (AvgIpc) is 2.30. The second kappa shape index (κ2) is 5.43. The molecular formula is C13H20N2O. The summed E-state index contributed by atoms with van der Waals surface area (Å²) in [4.78, 5) is 2.38. The van der Waals surface area contributed by atoms with Crippen molar-refractivity contribution in [1.29, 1.82) is 0 Å². The lowest BCUT2D eigenvalue weighted by atomic mass is 10.1. The van der Waals surface area contributed by atoms with Crippen LogP contribution in [-0.2, 0) is 4.74 Å². The fourth-order valence-electron chi connectivity index (χ4n) is 2.26. The molecule has 1 saturated heterocycles. The van der Waals surface area contributed by atoms with Crippen LogP contribution in [0.2, 0.25) is 0 Å². The number of hydrogen-bond donors (Lipinski definition) is 1. The van der Waals surface area contributed by atoms with E-state index >= 15 is 0 Å². The van der Waals surface area contributed by atoms with Gasteiger partial charge in [0.05, 0.1) is 12.2 Å². The standard InChI is InChI=1S/C13H20N2O/c1-11-9-15(8-7-14)10-13(16-11)12-5-3-2-4-6-12/h2-6,11,13H,7-10,14H2,1H3. The molecule has 2 N–H and O–H groups in total. The van der Waals surface area contributed by atoms with Gasteiger partial charge in [0, 0.05) is 26.2 Å². The molecule has 1 aliphatic rings. The molecule has 2 atom stereocenters. The molecule has 0 spiro atoms. The van der Waals surface area contributed by atoms with E-state index in [1.165, 1.54) is 5.56 Å². The van der Waals surface area contributed by atoms with Crippen LogP contribution in [0.5, 0.6) is 0 Å². The van der Waals surface area contributed by atoms with Gasteiger partial charge < -0.3 is 10.5 Å². The molecule has 0 amide bonds. The van der Waals surface area contributed by atoms with Crippen molar-refractivity contribution in [3.63, 3.8) is 0 Å². The Labute approximate surface area is 97.2 Å². The Morgan fingerprint density at radius 1 is 1.31 bits per heavy atom. The van der Waals surface area contributed by atoms with Crippen LogP contribution < -0.4 is 5.73 Å². The Hall–Kier alpha value is -0.900. The van der Waals surface area contributed by atoms with E-state index in [1.54, 1.807) is 0 Å². The highest BCUT2D eigenvalue weighted by Gasteiger charge is 2.25. The third-order valence-corrected chi connectivity index (χ3v) is 2.95. The van der Waals surface area contributed by atoms with Crippen molar-refractivity contribution in [2.24, 2.45) is 5.73 Å². The van der Waals surface area contributed by atoms with Crippen LogP contribution >= 0.6 is 0 Å². The van der Waals surface area contributed by atoms with Gasteiger partial charge in [0.25, 0.3) is 0 Å². The van der Waals surface area contributed by atoms with E-state index in [9.17, 15) is 0 Å². The SMILES string of the molecule is CC1CN(CCN)CC(c2ccccc2)O1. The van der Waals surface area contributed by atoms with E-state index in [0.717, 1.165) is 19.6 Å². The third-order valence-electron chi connectivity index (χ3n) is 2.95. The summed E-state index contributed by atoms with van der Waals surface area (Å²) >= 11 is 0. The molecule has 1 aromatic carbocycles. The van der Waals surface area contributed by atoms with Crippen molar-refractivity contribution in [3.8, 4) is 0 Å². The number of morpholine rings is 1. The second-order valence-electron chi connectivity index (χ2n) is 4.39. The molecule has 0 aromatic heterocycles. The molecule has 0 radical (unpaired) electrons. The van der Waals surface area contributed by atoms with Gasteiger partial charge in [-0.05, 0) is 12.5 Å². The number of benzene rings is 1. The highest BCUT2D eigenvalue weighted by molar-refractivity contribution is 5.18. The predicted octanol–water partition coefficient (Wildman–Crippen LogP) is 1.41. The zero-order valence-corrected chi connectivity index (χ0v) is 9.80. The summed E-state index contributed by atoms with van der Waals surface area (Å²) in [5, 5.41) is 0. The summed E-state index contributed by atoms with van der Waals surface area (Å²) in [7, 11) is 0. The van der Waals surface area contributed by atoms with Crippen LogP contribution in [0.25, 0.3) is 0 Å². The Morgan fingerprint density at radius 3 is 2.75 bits per heavy atom. The Kier molecular flexibility index (Phi) is 3.93. The second-order valence-corrected chi connectivity index (χ2v) is 4.39. The summed E-state index contributed by atoms with van der Waals surface area (Å²) in [6.07, 6.45) is 0.474. The normalized spacial score (nSPS) is 26.9. The minimum absolute atomic E-state index is 0.191. The van der Waals surface area contributed by atoms with Crippen LogP contribution in [-0.4, -0.2) is 37.2 Å². The summed E-state index contributed by atoms with van der Waals surface area (Å²) in [6.45, 7) is 5.73. The van der Waals surface area contributed by atoms with Crippen LogP contribution in [0.4, 0.5) is 0 Å². The molecule has 0 saturated carbocycles. The van der Waals surface area contributed by atoms with Crippen LogP contribution in [0.15, 0.2) is 30.3 Å². The zero-order chi connectivity index (χ0) is 11.4. The first kappa shape index (κ1) is 11.6. The van der Waals surface area contributed by atoms with E-state index < -0.39 is 0 Å². The number of nitrogens with two attached hydrogens (primary N) is 1. The summed E-state index contributed by atoms with van der Waals surface area (Å²) in [6, 6.07) is 10.4. The minimum Gasteiger partial charge on any atom is -0.368 e. The lowest BCUT2D eigenvalue weighted by Gasteiger charge is -2.36. The quantitative estimate of drug-likeness (QED) is 0.837. The van der Waals surface area contributed by atoms with Gasteiger partial charge in [-0.2, -0.15) is 0 Å². The lowest BCUT2D eigenvalue weighted by Crippen LogP contribution is -2.44. The van der Waals surface area contributed by atoms with Crippen LogP contribution in [0.3, 0.4) is 0 Å². The Morgan fingerprint density at radius 2 is 2.06 bits per heavy atom. The molecule has 3 nitrogen and oxygen atoms in total. The van der Waals surface area contributed by atoms with Crippen molar-refractivity contribution < 1.29 is 4.74 Å². The third kappa shape index (κ3) is 2.82. The van der Waals surface area contributed by atoms with Gasteiger partial charge in [-0.1, -0.05) is 30.3 Å². The van der Waals surface area contributed by atoms with Crippen molar-refractivity contribution in [3.05, 3.63) is 35.9 Å². The van der Waals surface area contributed by atoms with Gasteiger partial charge in [0.15, 0.2) is 0 Å². The first-order valence-corrected chi connectivity index (χ1v) is 5.92. The minimum atomic E-state index is 0.191. The number of ether oxygens (including phenoxy) is 1. The van der Waals surface area contributed by atoms with Crippen LogP contribution in [0, 0.1) is 0 Å². The first-order valence-electron chi connectivity index (χ1n) is 5.92. The summed E-state index contributed by atoms with van der Waals surface area (Å²) < 4.78 is 5.97. The maximum absolute atomic E-state index is 5.97. The molecule has 16 heavy (non-hydrogen) atoms. The van der Waals surface area contributed by atoms with Gasteiger partial charge >= 0.3 is 0 Å². The number of rotatable bonds is 3. The first-order chi connectivity index (χ1) is 7.79. The Bertz CT molecular complexity index is 315. The smallest absolute Gasteiger partial charge is 0.0956 e. The molecule has 1 fully saturated rings. The number of nitrogens with zero attached hydrogens (tertiary/aromatic N) is 1. The molecular weight excluding hydrogens is 200 g/mol. The molecule has 88 valence electrons. The van der Waals surface area contributed by atoms with Crippen molar-refractivity contribution >= 4 is 0 Å². The fraction of sp³-hybridized carbons (Fsp3) is 0.538. The average molecular weight is 220 g/mol. The molecule has 0 bridgehead atoms.